The lowest BCUT2D eigenvalue weighted by Crippen LogP contribution is -2.30. The Bertz CT molecular complexity index is 1010. The Hall–Kier alpha value is -2.10. The third kappa shape index (κ3) is 3.80. The lowest BCUT2D eigenvalue weighted by atomic mass is 9.75. The van der Waals surface area contributed by atoms with Crippen molar-refractivity contribution >= 4 is 44.9 Å². The Kier molecular flexibility index (Phi) is 6.51. The molecule has 4 rings (SSSR count). The molecule has 142 valence electrons. The van der Waals surface area contributed by atoms with Gasteiger partial charge in [0.1, 0.15) is 0 Å². The first-order valence-electron chi connectivity index (χ1n) is 9.94. The lowest BCUT2D eigenvalue weighted by molar-refractivity contribution is 0.426. The summed E-state index contributed by atoms with van der Waals surface area (Å²) in [6, 6.07) is 16.6. The SMILES string of the molecule is CC.CC.CC(C)(C)c1cc2ccc3ccc(B(O)O)c4ccc(c1)c2c34. The van der Waals surface area contributed by atoms with Crippen molar-refractivity contribution < 1.29 is 10.0 Å². The van der Waals surface area contributed by atoms with Crippen molar-refractivity contribution in [2.75, 3.05) is 0 Å². The third-order valence-electron chi connectivity index (χ3n) is 4.78. The topological polar surface area (TPSA) is 40.5 Å². The van der Waals surface area contributed by atoms with Crippen LogP contribution in [0.25, 0.3) is 32.3 Å². The fraction of sp³-hybridized carbons (Fsp3) is 0.333. The van der Waals surface area contributed by atoms with Gasteiger partial charge in [-0.2, -0.15) is 0 Å². The van der Waals surface area contributed by atoms with Gasteiger partial charge in [-0.3, -0.25) is 0 Å². The summed E-state index contributed by atoms with van der Waals surface area (Å²) in [6.07, 6.45) is 0. The van der Waals surface area contributed by atoms with Gasteiger partial charge < -0.3 is 10.0 Å². The molecule has 0 saturated carbocycles. The molecule has 2 N–H and O–H groups in total. The van der Waals surface area contributed by atoms with Gasteiger partial charge in [-0.1, -0.05) is 97.0 Å². The predicted octanol–water partition coefficient (Wildman–Crippen LogP) is 5.61. The molecule has 0 heterocycles. The molecule has 0 atom stereocenters. The van der Waals surface area contributed by atoms with Gasteiger partial charge in [-0.05, 0) is 48.8 Å². The molecule has 0 unspecified atom stereocenters. The van der Waals surface area contributed by atoms with Crippen LogP contribution in [-0.2, 0) is 5.41 Å². The highest BCUT2D eigenvalue weighted by atomic mass is 16.4. The van der Waals surface area contributed by atoms with Crippen molar-refractivity contribution in [3.8, 4) is 0 Å². The number of hydrogen-bond acceptors (Lipinski definition) is 2. The molecule has 0 amide bonds. The van der Waals surface area contributed by atoms with Crippen molar-refractivity contribution in [1.82, 2.24) is 0 Å². The Labute approximate surface area is 163 Å². The molecule has 0 aliphatic heterocycles. The zero-order valence-corrected chi connectivity index (χ0v) is 17.6. The van der Waals surface area contributed by atoms with Crippen LogP contribution in [0.15, 0.2) is 48.5 Å². The molecular formula is C24H31BO2. The van der Waals surface area contributed by atoms with Gasteiger partial charge in [0.15, 0.2) is 0 Å². The summed E-state index contributed by atoms with van der Waals surface area (Å²) in [7, 11) is -1.45. The lowest BCUT2D eigenvalue weighted by Gasteiger charge is -2.21. The van der Waals surface area contributed by atoms with E-state index in [0.29, 0.717) is 5.46 Å². The van der Waals surface area contributed by atoms with Gasteiger partial charge in [0, 0.05) is 0 Å². The summed E-state index contributed by atoms with van der Waals surface area (Å²) in [6.45, 7) is 14.7. The van der Waals surface area contributed by atoms with Crippen molar-refractivity contribution in [3.63, 3.8) is 0 Å². The standard InChI is InChI=1S/C20H19BO2.2C2H6/c1-20(2,3)15-10-13-5-4-12-7-9-17(21(22)23)16-8-6-14(11-15)18(13)19(12)16;2*1-2/h4-11,22-23H,1-3H3;2*1-2H3. The Morgan fingerprint density at radius 2 is 1.15 bits per heavy atom. The molecule has 0 aliphatic carbocycles. The maximum absolute atomic E-state index is 9.66. The molecule has 0 aliphatic rings. The molecule has 3 heteroatoms. The van der Waals surface area contributed by atoms with Gasteiger partial charge in [0.25, 0.3) is 0 Å². The smallest absolute Gasteiger partial charge is 0.423 e. The van der Waals surface area contributed by atoms with Crippen LogP contribution in [0.5, 0.6) is 0 Å². The molecule has 4 aromatic carbocycles. The van der Waals surface area contributed by atoms with E-state index in [4.69, 9.17) is 0 Å². The first-order valence-corrected chi connectivity index (χ1v) is 9.94. The van der Waals surface area contributed by atoms with Crippen LogP contribution >= 0.6 is 0 Å². The van der Waals surface area contributed by atoms with Crippen molar-refractivity contribution in [3.05, 3.63) is 54.1 Å². The van der Waals surface area contributed by atoms with Crippen LogP contribution in [0.1, 0.15) is 54.0 Å². The molecule has 4 aromatic rings. The number of benzene rings is 4. The summed E-state index contributed by atoms with van der Waals surface area (Å²) in [5.74, 6) is 0. The summed E-state index contributed by atoms with van der Waals surface area (Å²) in [4.78, 5) is 0. The van der Waals surface area contributed by atoms with E-state index in [1.54, 1.807) is 6.07 Å². The molecule has 0 spiro atoms. The second-order valence-electron chi connectivity index (χ2n) is 7.35. The number of rotatable bonds is 1. The summed E-state index contributed by atoms with van der Waals surface area (Å²) in [5, 5.41) is 26.1. The highest BCUT2D eigenvalue weighted by Gasteiger charge is 2.20. The van der Waals surface area contributed by atoms with Crippen molar-refractivity contribution in [1.29, 1.82) is 0 Å². The molecule has 0 radical (unpaired) electrons. The maximum atomic E-state index is 9.66. The third-order valence-corrected chi connectivity index (χ3v) is 4.78. The highest BCUT2D eigenvalue weighted by Crippen LogP contribution is 2.37. The van der Waals surface area contributed by atoms with Crippen molar-refractivity contribution in [2.45, 2.75) is 53.9 Å². The van der Waals surface area contributed by atoms with Crippen LogP contribution in [0.4, 0.5) is 0 Å². The Morgan fingerprint density at radius 3 is 1.67 bits per heavy atom. The molecule has 0 fully saturated rings. The Morgan fingerprint density at radius 1 is 0.667 bits per heavy atom. The summed E-state index contributed by atoms with van der Waals surface area (Å²) < 4.78 is 0. The van der Waals surface area contributed by atoms with E-state index < -0.39 is 7.12 Å². The zero-order chi connectivity index (χ0) is 20.4. The average Bonchev–Trinajstić information content (AvgIpc) is 2.67. The number of hydrogen-bond donors (Lipinski definition) is 2. The molecule has 0 bridgehead atoms. The molecular weight excluding hydrogens is 331 g/mol. The normalized spacial score (nSPS) is 11.1. The maximum Gasteiger partial charge on any atom is 0.489 e. The van der Waals surface area contributed by atoms with Crippen molar-refractivity contribution in [2.24, 2.45) is 0 Å². The van der Waals surface area contributed by atoms with E-state index in [1.807, 2.05) is 39.8 Å². The van der Waals surface area contributed by atoms with Gasteiger partial charge in [0.05, 0.1) is 0 Å². The fourth-order valence-corrected chi connectivity index (χ4v) is 3.50. The van der Waals surface area contributed by atoms with Crippen LogP contribution in [0.2, 0.25) is 0 Å². The quantitative estimate of drug-likeness (QED) is 0.341. The van der Waals surface area contributed by atoms with Crippen LogP contribution in [0.3, 0.4) is 0 Å². The second-order valence-corrected chi connectivity index (χ2v) is 7.35. The summed E-state index contributed by atoms with van der Waals surface area (Å²) in [5.41, 5.74) is 1.97. The predicted molar refractivity (Wildman–Crippen MR) is 121 cm³/mol. The molecule has 2 nitrogen and oxygen atoms in total. The molecule has 0 aromatic heterocycles. The first-order chi connectivity index (χ1) is 12.9. The summed E-state index contributed by atoms with van der Waals surface area (Å²) >= 11 is 0. The van der Waals surface area contributed by atoms with Crippen LogP contribution < -0.4 is 5.46 Å². The van der Waals surface area contributed by atoms with Gasteiger partial charge in [-0.15, -0.1) is 0 Å². The minimum Gasteiger partial charge on any atom is -0.423 e. The van der Waals surface area contributed by atoms with Gasteiger partial charge in [0.2, 0.25) is 0 Å². The van der Waals surface area contributed by atoms with E-state index in [9.17, 15) is 10.0 Å². The van der Waals surface area contributed by atoms with Crippen LogP contribution in [-0.4, -0.2) is 17.2 Å². The van der Waals surface area contributed by atoms with Gasteiger partial charge in [-0.25, -0.2) is 0 Å². The van der Waals surface area contributed by atoms with E-state index >= 15 is 0 Å². The average molecular weight is 362 g/mol. The largest absolute Gasteiger partial charge is 0.489 e. The minimum absolute atomic E-state index is 0.0942. The van der Waals surface area contributed by atoms with E-state index in [0.717, 1.165) is 16.2 Å². The molecule has 27 heavy (non-hydrogen) atoms. The van der Waals surface area contributed by atoms with Crippen LogP contribution in [0, 0.1) is 0 Å². The highest BCUT2D eigenvalue weighted by molar-refractivity contribution is 6.62. The van der Waals surface area contributed by atoms with E-state index in [2.05, 4.69) is 51.1 Å². The first kappa shape index (κ1) is 21.2. The van der Waals surface area contributed by atoms with Gasteiger partial charge >= 0.3 is 7.12 Å². The van der Waals surface area contributed by atoms with E-state index in [-0.39, 0.29) is 5.41 Å². The minimum atomic E-state index is -1.45. The molecule has 0 saturated heterocycles. The second kappa shape index (κ2) is 8.29. The Balaban J connectivity index is 0.000000614. The monoisotopic (exact) mass is 362 g/mol. The zero-order valence-electron chi connectivity index (χ0n) is 17.6. The van der Waals surface area contributed by atoms with E-state index in [1.165, 1.54) is 21.7 Å². The fourth-order valence-electron chi connectivity index (χ4n) is 3.50.